The first-order valence-electron chi connectivity index (χ1n) is 13.3. The van der Waals surface area contributed by atoms with Gasteiger partial charge in [0.2, 0.25) is 6.41 Å². The van der Waals surface area contributed by atoms with Gasteiger partial charge in [-0.2, -0.15) is 10.4 Å². The molecule has 8 nitrogen and oxygen atoms in total. The van der Waals surface area contributed by atoms with Crippen molar-refractivity contribution < 1.29 is 9.18 Å². The lowest BCUT2D eigenvalue weighted by atomic mass is 9.79. The maximum absolute atomic E-state index is 13.5. The highest BCUT2D eigenvalue weighted by atomic mass is 32.1. The Labute approximate surface area is 229 Å². The Kier molecular flexibility index (Phi) is 5.42. The summed E-state index contributed by atoms with van der Waals surface area (Å²) in [7, 11) is 1.99. The fourth-order valence-electron chi connectivity index (χ4n) is 6.18. The van der Waals surface area contributed by atoms with E-state index in [0.29, 0.717) is 21.6 Å². The second kappa shape index (κ2) is 8.78. The standard InChI is InChI=1S/C29H28FN7OS/c1-18-11-22(36-10-9-29(16-36)14-35(15-29)17-38)12-23-27(26(20-3-4-20)33-37(18)23)34(2)28-32-25(24(13-31)39-28)19-5-7-21(30)8-6-19/h5-8,11-12,17,20H,3-4,9-10,14-16H2,1-2H3. The summed E-state index contributed by atoms with van der Waals surface area (Å²) in [5.74, 6) is 0.0928. The van der Waals surface area contributed by atoms with Gasteiger partial charge in [0.25, 0.3) is 0 Å². The minimum atomic E-state index is -0.321. The van der Waals surface area contributed by atoms with Crippen LogP contribution in [0.1, 0.15) is 41.4 Å². The van der Waals surface area contributed by atoms with Gasteiger partial charge in [-0.1, -0.05) is 11.3 Å². The van der Waals surface area contributed by atoms with Gasteiger partial charge in [0.1, 0.15) is 22.5 Å². The molecule has 2 saturated heterocycles. The first kappa shape index (κ1) is 24.1. The number of fused-ring (bicyclic) bond motifs is 1. The third-order valence-electron chi connectivity index (χ3n) is 8.35. The number of thiazole rings is 1. The molecule has 3 aromatic heterocycles. The zero-order valence-electron chi connectivity index (χ0n) is 21.9. The fourth-order valence-corrected chi connectivity index (χ4v) is 7.04. The number of carbonyl (C=O) groups excluding carboxylic acids is 1. The highest BCUT2D eigenvalue weighted by molar-refractivity contribution is 7.16. The number of nitriles is 1. The molecule has 1 saturated carbocycles. The lowest BCUT2D eigenvalue weighted by molar-refractivity contribution is -0.128. The lowest BCUT2D eigenvalue weighted by Gasteiger charge is -2.46. The third-order valence-corrected chi connectivity index (χ3v) is 9.38. The zero-order valence-corrected chi connectivity index (χ0v) is 22.7. The number of amides is 1. The van der Waals surface area contributed by atoms with Crippen molar-refractivity contribution in [2.24, 2.45) is 5.41 Å². The maximum Gasteiger partial charge on any atom is 0.209 e. The topological polar surface area (TPSA) is 80.8 Å². The van der Waals surface area contributed by atoms with Crippen LogP contribution in [0.4, 0.5) is 20.9 Å². The number of benzene rings is 1. The van der Waals surface area contributed by atoms with Crippen molar-refractivity contribution >= 4 is 39.8 Å². The molecule has 3 fully saturated rings. The Balaban J connectivity index is 1.29. The number of anilines is 3. The predicted octanol–water partition coefficient (Wildman–Crippen LogP) is 5.09. The van der Waals surface area contributed by atoms with E-state index in [4.69, 9.17) is 10.1 Å². The van der Waals surface area contributed by atoms with Crippen molar-refractivity contribution in [1.82, 2.24) is 19.5 Å². The maximum atomic E-state index is 13.5. The van der Waals surface area contributed by atoms with Crippen molar-refractivity contribution in [2.75, 3.05) is 43.0 Å². The number of rotatable bonds is 6. The molecule has 10 heteroatoms. The smallest absolute Gasteiger partial charge is 0.209 e. The summed E-state index contributed by atoms with van der Waals surface area (Å²) in [6, 6.07) is 12.8. The summed E-state index contributed by atoms with van der Waals surface area (Å²) in [6.45, 7) is 5.68. The van der Waals surface area contributed by atoms with Crippen LogP contribution >= 0.6 is 11.3 Å². The van der Waals surface area contributed by atoms with Crippen LogP contribution in [-0.4, -0.2) is 59.1 Å². The average Bonchev–Trinajstić information content (AvgIpc) is 3.34. The fraction of sp³-hybridized carbons (Fsp3) is 0.379. The molecule has 0 atom stereocenters. The van der Waals surface area contributed by atoms with Crippen LogP contribution in [0.2, 0.25) is 0 Å². The minimum Gasteiger partial charge on any atom is -0.371 e. The van der Waals surface area contributed by atoms with E-state index in [0.717, 1.165) is 80.0 Å². The molecule has 7 rings (SSSR count). The van der Waals surface area contributed by atoms with Gasteiger partial charge >= 0.3 is 0 Å². The largest absolute Gasteiger partial charge is 0.371 e. The molecule has 1 spiro atoms. The Morgan fingerprint density at radius 3 is 2.67 bits per heavy atom. The van der Waals surface area contributed by atoms with Gasteiger partial charge in [-0.3, -0.25) is 4.79 Å². The summed E-state index contributed by atoms with van der Waals surface area (Å²) in [6.07, 6.45) is 4.26. The van der Waals surface area contributed by atoms with E-state index < -0.39 is 0 Å². The molecule has 4 aromatic rings. The summed E-state index contributed by atoms with van der Waals surface area (Å²) < 4.78 is 15.6. The van der Waals surface area contributed by atoms with Crippen LogP contribution in [0.15, 0.2) is 36.4 Å². The molecule has 198 valence electrons. The Hall–Kier alpha value is -3.97. The van der Waals surface area contributed by atoms with E-state index in [2.05, 4.69) is 34.9 Å². The molecule has 5 heterocycles. The number of pyridine rings is 1. The van der Waals surface area contributed by atoms with Crippen LogP contribution in [0.3, 0.4) is 0 Å². The van der Waals surface area contributed by atoms with Crippen molar-refractivity contribution in [1.29, 1.82) is 5.26 Å². The summed E-state index contributed by atoms with van der Waals surface area (Å²) in [5.41, 5.74) is 6.83. The summed E-state index contributed by atoms with van der Waals surface area (Å²) in [5, 5.41) is 15.6. The zero-order chi connectivity index (χ0) is 26.9. The van der Waals surface area contributed by atoms with Gasteiger partial charge in [-0.25, -0.2) is 13.9 Å². The summed E-state index contributed by atoms with van der Waals surface area (Å²) >= 11 is 1.34. The number of halogens is 1. The first-order chi connectivity index (χ1) is 18.9. The molecular weight excluding hydrogens is 513 g/mol. The number of hydrogen-bond acceptors (Lipinski definition) is 7. The summed E-state index contributed by atoms with van der Waals surface area (Å²) in [4.78, 5) is 22.9. The normalized spacial score (nSPS) is 18.0. The average molecular weight is 542 g/mol. The molecule has 0 bridgehead atoms. The Morgan fingerprint density at radius 1 is 1.21 bits per heavy atom. The highest BCUT2D eigenvalue weighted by Gasteiger charge is 2.47. The van der Waals surface area contributed by atoms with Crippen LogP contribution in [0.25, 0.3) is 16.8 Å². The van der Waals surface area contributed by atoms with Crippen LogP contribution in [0.5, 0.6) is 0 Å². The van der Waals surface area contributed by atoms with Gasteiger partial charge in [0.15, 0.2) is 5.13 Å². The second-order valence-electron chi connectivity index (χ2n) is 11.2. The van der Waals surface area contributed by atoms with E-state index in [1.807, 2.05) is 16.5 Å². The molecule has 0 radical (unpaired) electrons. The Morgan fingerprint density at radius 2 is 1.97 bits per heavy atom. The number of nitrogens with zero attached hydrogens (tertiary/aromatic N) is 7. The SMILES string of the molecule is Cc1cc(N2CCC3(CN(C=O)C3)C2)cc2c(N(C)c3nc(-c4ccc(F)cc4)c(C#N)s3)c(C3CC3)nn12. The number of aromatic nitrogens is 3. The number of likely N-dealkylation sites (tertiary alicyclic amines) is 1. The number of carbonyl (C=O) groups is 1. The first-order valence-corrected chi connectivity index (χ1v) is 14.1. The predicted molar refractivity (Wildman–Crippen MR) is 149 cm³/mol. The van der Waals surface area contributed by atoms with E-state index in [9.17, 15) is 14.4 Å². The third kappa shape index (κ3) is 3.95. The van der Waals surface area contributed by atoms with E-state index >= 15 is 0 Å². The van der Waals surface area contributed by atoms with E-state index in [1.54, 1.807) is 12.1 Å². The highest BCUT2D eigenvalue weighted by Crippen LogP contribution is 2.48. The molecule has 3 aliphatic rings. The lowest BCUT2D eigenvalue weighted by Crippen LogP contribution is -2.56. The molecule has 1 aromatic carbocycles. The molecule has 0 N–H and O–H groups in total. The second-order valence-corrected chi connectivity index (χ2v) is 12.2. The van der Waals surface area contributed by atoms with Crippen molar-refractivity contribution in [3.63, 3.8) is 0 Å². The molecule has 39 heavy (non-hydrogen) atoms. The minimum absolute atomic E-state index is 0.200. The Bertz CT molecular complexity index is 1640. The van der Waals surface area contributed by atoms with Crippen LogP contribution in [-0.2, 0) is 4.79 Å². The molecular formula is C29H28FN7OS. The number of aryl methyl sites for hydroxylation is 1. The van der Waals surface area contributed by atoms with Crippen molar-refractivity contribution in [3.05, 3.63) is 58.5 Å². The molecule has 1 amide bonds. The van der Waals surface area contributed by atoms with E-state index in [1.165, 1.54) is 29.2 Å². The molecule has 0 unspecified atom stereocenters. The van der Waals surface area contributed by atoms with Gasteiger partial charge in [-0.05, 0) is 62.6 Å². The van der Waals surface area contributed by atoms with Gasteiger partial charge < -0.3 is 14.7 Å². The molecule has 1 aliphatic carbocycles. The quantitative estimate of drug-likeness (QED) is 0.316. The molecule has 2 aliphatic heterocycles. The van der Waals surface area contributed by atoms with Gasteiger partial charge in [0, 0.05) is 61.5 Å². The number of hydrogen-bond donors (Lipinski definition) is 0. The van der Waals surface area contributed by atoms with Crippen LogP contribution < -0.4 is 9.80 Å². The van der Waals surface area contributed by atoms with Gasteiger partial charge in [0.05, 0.1) is 16.9 Å². The monoisotopic (exact) mass is 541 g/mol. The van der Waals surface area contributed by atoms with Crippen LogP contribution in [0, 0.1) is 29.5 Å². The van der Waals surface area contributed by atoms with Gasteiger partial charge in [-0.15, -0.1) is 0 Å². The van der Waals surface area contributed by atoms with E-state index in [-0.39, 0.29) is 11.2 Å². The van der Waals surface area contributed by atoms with Crippen molar-refractivity contribution in [2.45, 2.75) is 32.1 Å². The van der Waals surface area contributed by atoms with Crippen molar-refractivity contribution in [3.8, 4) is 17.3 Å².